The average molecular weight is 421 g/mol. The van der Waals surface area contributed by atoms with Crippen molar-refractivity contribution >= 4 is 22.4 Å². The molecule has 7 heteroatoms. The molecule has 0 amide bonds. The highest BCUT2D eigenvalue weighted by atomic mass is 35.5. The fraction of sp³-hybridized carbons (Fsp3) is 0.364. The summed E-state index contributed by atoms with van der Waals surface area (Å²) in [6, 6.07) is 10.4. The molecule has 1 aliphatic rings. The lowest BCUT2D eigenvalue weighted by molar-refractivity contribution is -0.0498. The van der Waals surface area contributed by atoms with E-state index in [4.69, 9.17) is 11.6 Å². The van der Waals surface area contributed by atoms with E-state index in [1.54, 1.807) is 16.7 Å². The van der Waals surface area contributed by atoms with Crippen LogP contribution in [0.15, 0.2) is 42.6 Å². The third-order valence-electron chi connectivity index (χ3n) is 5.46. The van der Waals surface area contributed by atoms with Gasteiger partial charge in [-0.3, -0.25) is 0 Å². The third kappa shape index (κ3) is 4.65. The number of aromatic nitrogens is 1. The molecule has 0 saturated carbocycles. The number of hydrogen-bond acceptors (Lipinski definition) is 3. The maximum absolute atomic E-state index is 12.3. The molecule has 4 nitrogen and oxygen atoms in total. The van der Waals surface area contributed by atoms with Crippen molar-refractivity contribution in [2.24, 2.45) is 5.92 Å². The molecule has 1 aromatic heterocycles. The van der Waals surface area contributed by atoms with Crippen LogP contribution in [0.1, 0.15) is 24.0 Å². The molecule has 1 fully saturated rings. The Kier molecular flexibility index (Phi) is 5.92. The highest BCUT2D eigenvalue weighted by molar-refractivity contribution is 6.36. The molecule has 3 aromatic rings. The molecule has 0 unspecified atom stereocenters. The van der Waals surface area contributed by atoms with E-state index in [-0.39, 0.29) is 11.6 Å². The second-order valence-electron chi connectivity index (χ2n) is 7.54. The lowest BCUT2D eigenvalue weighted by atomic mass is 9.90. The van der Waals surface area contributed by atoms with Gasteiger partial charge in [0.05, 0.1) is 17.0 Å². The van der Waals surface area contributed by atoms with Crippen molar-refractivity contribution in [3.8, 4) is 11.6 Å². The summed E-state index contributed by atoms with van der Waals surface area (Å²) in [5, 5.41) is 16.1. The number of aromatic hydroxyl groups is 1. The maximum atomic E-state index is 12.3. The number of hydrogen-bond donors (Lipinski definition) is 2. The van der Waals surface area contributed by atoms with Crippen LogP contribution in [0.4, 0.5) is 8.78 Å². The quantitative estimate of drug-likeness (QED) is 0.576. The van der Waals surface area contributed by atoms with Gasteiger partial charge in [-0.05, 0) is 73.7 Å². The number of fused-ring (bicyclic) bond motifs is 1. The lowest BCUT2D eigenvalue weighted by Gasteiger charge is -2.22. The number of rotatable bonds is 6. The number of alkyl halides is 2. The Morgan fingerprint density at radius 1 is 1.14 bits per heavy atom. The van der Waals surface area contributed by atoms with E-state index in [2.05, 4.69) is 16.1 Å². The highest BCUT2D eigenvalue weighted by Crippen LogP contribution is 2.36. The van der Waals surface area contributed by atoms with E-state index >= 15 is 0 Å². The van der Waals surface area contributed by atoms with Gasteiger partial charge in [0.1, 0.15) is 5.75 Å². The third-order valence-corrected chi connectivity index (χ3v) is 5.75. The molecule has 0 radical (unpaired) electrons. The Labute approximate surface area is 173 Å². The smallest absolute Gasteiger partial charge is 0.387 e. The van der Waals surface area contributed by atoms with Crippen molar-refractivity contribution in [2.75, 3.05) is 13.1 Å². The minimum atomic E-state index is -2.85. The molecular formula is C22H23ClF2N2O2. The first-order valence-corrected chi connectivity index (χ1v) is 10.1. The summed E-state index contributed by atoms with van der Waals surface area (Å²) in [4.78, 5) is 0. The summed E-state index contributed by atoms with van der Waals surface area (Å²) < 4.78 is 30.7. The summed E-state index contributed by atoms with van der Waals surface area (Å²) in [5.41, 5.74) is 2.04. The number of halogens is 3. The molecule has 0 atom stereocenters. The molecule has 0 bridgehead atoms. The van der Waals surface area contributed by atoms with E-state index in [0.717, 1.165) is 43.3 Å². The number of piperidine rings is 1. The van der Waals surface area contributed by atoms with Gasteiger partial charge in [0, 0.05) is 11.6 Å². The van der Waals surface area contributed by atoms with Crippen molar-refractivity contribution in [2.45, 2.75) is 32.4 Å². The van der Waals surface area contributed by atoms with Gasteiger partial charge in [-0.15, -0.1) is 0 Å². The van der Waals surface area contributed by atoms with E-state index in [9.17, 15) is 13.9 Å². The fourth-order valence-electron chi connectivity index (χ4n) is 4.03. The summed E-state index contributed by atoms with van der Waals surface area (Å²) in [7, 11) is 0. The predicted molar refractivity (Wildman–Crippen MR) is 110 cm³/mol. The van der Waals surface area contributed by atoms with Gasteiger partial charge in [-0.25, -0.2) is 0 Å². The zero-order valence-electron chi connectivity index (χ0n) is 15.9. The molecule has 2 N–H and O–H groups in total. The molecule has 2 heterocycles. The number of nitrogens with one attached hydrogen (secondary N) is 1. The topological polar surface area (TPSA) is 46.4 Å². The van der Waals surface area contributed by atoms with Crippen LogP contribution in [0.5, 0.6) is 11.6 Å². The Balaban J connectivity index is 1.55. The molecule has 29 heavy (non-hydrogen) atoms. The van der Waals surface area contributed by atoms with Crippen LogP contribution in [-0.2, 0) is 13.0 Å². The summed E-state index contributed by atoms with van der Waals surface area (Å²) >= 11 is 6.50. The van der Waals surface area contributed by atoms with Crippen LogP contribution in [0.25, 0.3) is 10.8 Å². The maximum Gasteiger partial charge on any atom is 0.387 e. The number of nitrogens with zero attached hydrogens (tertiary/aromatic N) is 1. The zero-order chi connectivity index (χ0) is 20.4. The van der Waals surface area contributed by atoms with Gasteiger partial charge >= 0.3 is 6.61 Å². The van der Waals surface area contributed by atoms with Crippen LogP contribution in [0, 0.1) is 5.92 Å². The highest BCUT2D eigenvalue weighted by Gasteiger charge is 2.17. The van der Waals surface area contributed by atoms with Gasteiger partial charge in [0.2, 0.25) is 5.88 Å². The Bertz CT molecular complexity index is 983. The van der Waals surface area contributed by atoms with Crippen LogP contribution in [0.3, 0.4) is 0 Å². The van der Waals surface area contributed by atoms with Crippen molar-refractivity contribution in [1.29, 1.82) is 0 Å². The monoisotopic (exact) mass is 420 g/mol. The van der Waals surface area contributed by atoms with Crippen LogP contribution >= 0.6 is 11.6 Å². The Morgan fingerprint density at radius 3 is 2.55 bits per heavy atom. The fourth-order valence-corrected chi connectivity index (χ4v) is 4.36. The van der Waals surface area contributed by atoms with Crippen LogP contribution < -0.4 is 10.1 Å². The predicted octanol–water partition coefficient (Wildman–Crippen LogP) is 5.19. The van der Waals surface area contributed by atoms with E-state index < -0.39 is 6.61 Å². The lowest BCUT2D eigenvalue weighted by Crippen LogP contribution is -2.28. The van der Waals surface area contributed by atoms with E-state index in [1.165, 1.54) is 17.7 Å². The van der Waals surface area contributed by atoms with Crippen molar-refractivity contribution < 1.29 is 18.6 Å². The van der Waals surface area contributed by atoms with Crippen molar-refractivity contribution in [1.82, 2.24) is 9.88 Å². The van der Waals surface area contributed by atoms with Crippen molar-refractivity contribution in [3.63, 3.8) is 0 Å². The van der Waals surface area contributed by atoms with Crippen LogP contribution in [0.2, 0.25) is 5.02 Å². The minimum absolute atomic E-state index is 0.103. The molecule has 2 aromatic carbocycles. The van der Waals surface area contributed by atoms with Gasteiger partial charge in [0.15, 0.2) is 0 Å². The number of benzene rings is 2. The first-order valence-electron chi connectivity index (χ1n) is 9.74. The minimum Gasteiger partial charge on any atom is -0.494 e. The Hall–Kier alpha value is -2.31. The zero-order valence-corrected chi connectivity index (χ0v) is 16.6. The first kappa shape index (κ1) is 20.0. The summed E-state index contributed by atoms with van der Waals surface area (Å²) in [5.74, 6) is 0.858. The van der Waals surface area contributed by atoms with E-state index in [1.807, 2.05) is 12.3 Å². The van der Waals surface area contributed by atoms with Crippen LogP contribution in [-0.4, -0.2) is 29.4 Å². The summed E-state index contributed by atoms with van der Waals surface area (Å²) in [6.07, 6.45) is 5.18. The normalized spacial score (nSPS) is 15.3. The average Bonchev–Trinajstić information content (AvgIpc) is 2.99. The molecular weight excluding hydrogens is 398 g/mol. The van der Waals surface area contributed by atoms with Gasteiger partial charge in [-0.2, -0.15) is 8.78 Å². The van der Waals surface area contributed by atoms with Gasteiger partial charge in [-0.1, -0.05) is 23.7 Å². The summed E-state index contributed by atoms with van der Waals surface area (Å²) in [6.45, 7) is -0.339. The van der Waals surface area contributed by atoms with Crippen molar-refractivity contribution in [3.05, 3.63) is 58.7 Å². The molecule has 1 aliphatic heterocycles. The van der Waals surface area contributed by atoms with Gasteiger partial charge in [0.25, 0.3) is 0 Å². The number of ether oxygens (including phenoxy) is 1. The molecule has 0 aliphatic carbocycles. The SMILES string of the molecule is Oc1c2c(Cl)cc(CC3CCNCC3)cc2cn1Cc1ccc(OC(F)F)cc1. The second-order valence-corrected chi connectivity index (χ2v) is 7.95. The first-order chi connectivity index (χ1) is 14.0. The molecule has 0 spiro atoms. The standard InChI is InChI=1S/C22H23ClF2N2O2/c23-19-11-16(9-14-5-7-26-8-6-14)10-17-13-27(21(28)20(17)19)12-15-1-3-18(4-2-15)29-22(24)25/h1-4,10-11,13-14,22,26,28H,5-9,12H2. The van der Waals surface area contributed by atoms with E-state index in [0.29, 0.717) is 22.9 Å². The largest absolute Gasteiger partial charge is 0.494 e. The molecule has 154 valence electrons. The second kappa shape index (κ2) is 8.59. The van der Waals surface area contributed by atoms with Gasteiger partial charge < -0.3 is 19.7 Å². The molecule has 1 saturated heterocycles. The Morgan fingerprint density at radius 2 is 1.86 bits per heavy atom. The molecule has 4 rings (SSSR count).